The van der Waals surface area contributed by atoms with Gasteiger partial charge in [0, 0.05) is 55.1 Å². The molecule has 1 aliphatic heterocycles. The van der Waals surface area contributed by atoms with Gasteiger partial charge in [-0.15, -0.1) is 0 Å². The molecule has 2 heterocycles. The summed E-state index contributed by atoms with van der Waals surface area (Å²) in [6.07, 6.45) is 2.01. The van der Waals surface area contributed by atoms with Crippen molar-refractivity contribution < 1.29 is 0 Å². The fraction of sp³-hybridized carbons (Fsp3) is 0. The number of rotatable bonds is 7. The number of aromatic nitrogens is 1. The number of benzene rings is 9. The Labute approximate surface area is 336 Å². The normalized spacial score (nSPS) is 11.8. The van der Waals surface area contributed by atoms with E-state index in [-0.39, 0.29) is 0 Å². The fourth-order valence-electron chi connectivity index (χ4n) is 8.31. The van der Waals surface area contributed by atoms with Crippen molar-refractivity contribution in [3.63, 3.8) is 0 Å². The molecule has 57 heavy (non-hydrogen) atoms. The van der Waals surface area contributed by atoms with Crippen LogP contribution < -0.4 is 9.80 Å². The molecule has 0 aliphatic carbocycles. The molecule has 11 rings (SSSR count). The van der Waals surface area contributed by atoms with E-state index in [2.05, 4.69) is 216 Å². The standard InChI is InChI=1S/C53H35N3S/c1-3-16-42(17-4-1)55(44-26-22-36-12-7-9-14-38(36)32-44)49-30-29-47-46-28-24-40(34-51(46)57-50-21-11-20-48(49)53(47)50)41-25-31-52(54-35-41)56(43-18-5-2-6-19-43)45-27-23-37-13-8-10-15-39(37)33-45/h1-35H. The van der Waals surface area contributed by atoms with Crippen LogP contribution in [-0.2, 0) is 0 Å². The molecule has 9 aromatic carbocycles. The van der Waals surface area contributed by atoms with E-state index in [1.165, 1.54) is 53.2 Å². The van der Waals surface area contributed by atoms with Gasteiger partial charge in [0.25, 0.3) is 0 Å². The highest BCUT2D eigenvalue weighted by Gasteiger charge is 2.24. The predicted octanol–water partition coefficient (Wildman–Crippen LogP) is 15.3. The van der Waals surface area contributed by atoms with Crippen molar-refractivity contribution >= 4 is 78.3 Å². The average Bonchev–Trinajstić information content (AvgIpc) is 3.28. The Kier molecular flexibility index (Phi) is 8.08. The van der Waals surface area contributed by atoms with E-state index in [0.29, 0.717) is 0 Å². The molecular formula is C53H35N3S. The van der Waals surface area contributed by atoms with Gasteiger partial charge in [-0.05, 0) is 117 Å². The van der Waals surface area contributed by atoms with E-state index in [1.807, 2.05) is 18.0 Å². The third-order valence-electron chi connectivity index (χ3n) is 11.0. The maximum absolute atomic E-state index is 5.07. The van der Waals surface area contributed by atoms with E-state index in [4.69, 9.17) is 4.98 Å². The summed E-state index contributed by atoms with van der Waals surface area (Å²) in [6.45, 7) is 0. The van der Waals surface area contributed by atoms with E-state index in [1.54, 1.807) is 0 Å². The monoisotopic (exact) mass is 745 g/mol. The van der Waals surface area contributed by atoms with Gasteiger partial charge in [0.2, 0.25) is 0 Å². The first-order chi connectivity index (χ1) is 28.2. The topological polar surface area (TPSA) is 19.4 Å². The van der Waals surface area contributed by atoms with E-state index >= 15 is 0 Å². The Morgan fingerprint density at radius 2 is 0.965 bits per heavy atom. The number of hydrogen-bond acceptors (Lipinski definition) is 4. The second-order valence-electron chi connectivity index (χ2n) is 14.4. The van der Waals surface area contributed by atoms with Gasteiger partial charge in [-0.3, -0.25) is 4.90 Å². The lowest BCUT2D eigenvalue weighted by Gasteiger charge is -2.29. The van der Waals surface area contributed by atoms with Gasteiger partial charge in [-0.2, -0.15) is 0 Å². The fourth-order valence-corrected chi connectivity index (χ4v) is 9.48. The number of nitrogens with zero attached hydrogens (tertiary/aromatic N) is 3. The first kappa shape index (κ1) is 33.2. The van der Waals surface area contributed by atoms with Gasteiger partial charge in [-0.25, -0.2) is 4.98 Å². The first-order valence-electron chi connectivity index (χ1n) is 19.3. The lowest BCUT2D eigenvalue weighted by molar-refractivity contribution is 1.18. The van der Waals surface area contributed by atoms with Crippen molar-refractivity contribution in [2.24, 2.45) is 0 Å². The van der Waals surface area contributed by atoms with Crippen LogP contribution in [0.3, 0.4) is 0 Å². The lowest BCUT2D eigenvalue weighted by Crippen LogP contribution is -2.11. The summed E-state index contributed by atoms with van der Waals surface area (Å²) in [5.74, 6) is 0.872. The molecule has 10 aromatic rings. The number of anilines is 6. The molecule has 268 valence electrons. The lowest BCUT2D eigenvalue weighted by atomic mass is 9.94. The summed E-state index contributed by atoms with van der Waals surface area (Å²) in [7, 11) is 0. The largest absolute Gasteiger partial charge is 0.310 e. The van der Waals surface area contributed by atoms with Crippen molar-refractivity contribution in [2.75, 3.05) is 9.80 Å². The predicted molar refractivity (Wildman–Crippen MR) is 241 cm³/mol. The summed E-state index contributed by atoms with van der Waals surface area (Å²) < 4.78 is 0. The quantitative estimate of drug-likeness (QED) is 0.162. The highest BCUT2D eigenvalue weighted by Crippen LogP contribution is 2.52. The smallest absolute Gasteiger partial charge is 0.137 e. The Balaban J connectivity index is 0.964. The maximum atomic E-state index is 5.07. The van der Waals surface area contributed by atoms with Crippen molar-refractivity contribution in [3.05, 3.63) is 212 Å². The molecule has 0 unspecified atom stereocenters. The van der Waals surface area contributed by atoms with Crippen LogP contribution >= 0.6 is 11.8 Å². The van der Waals surface area contributed by atoms with Gasteiger partial charge in [0.15, 0.2) is 0 Å². The van der Waals surface area contributed by atoms with E-state index < -0.39 is 0 Å². The SMILES string of the molecule is c1ccc(N(c2ccc3ccccc3c2)c2ccc(-c3ccc4c(c3)Sc3cccc5c(N(c6ccccc6)c6ccc7ccccc7c6)ccc-4c35)cn2)cc1. The number of pyridine rings is 1. The highest BCUT2D eigenvalue weighted by molar-refractivity contribution is 7.99. The van der Waals surface area contributed by atoms with Gasteiger partial charge < -0.3 is 4.90 Å². The zero-order valence-corrected chi connectivity index (χ0v) is 31.8. The van der Waals surface area contributed by atoms with Crippen LogP contribution in [-0.4, -0.2) is 4.98 Å². The average molecular weight is 746 g/mol. The van der Waals surface area contributed by atoms with Crippen LogP contribution in [0.4, 0.5) is 34.3 Å². The van der Waals surface area contributed by atoms with Crippen molar-refractivity contribution in [2.45, 2.75) is 9.79 Å². The molecular weight excluding hydrogens is 711 g/mol. The Morgan fingerprint density at radius 3 is 1.63 bits per heavy atom. The molecule has 0 bridgehead atoms. The summed E-state index contributed by atoms with van der Waals surface area (Å²) in [5, 5.41) is 7.41. The molecule has 4 heteroatoms. The second kappa shape index (κ2) is 13.9. The minimum absolute atomic E-state index is 0.872. The van der Waals surface area contributed by atoms with E-state index in [9.17, 15) is 0 Å². The first-order valence-corrected chi connectivity index (χ1v) is 20.1. The molecule has 0 radical (unpaired) electrons. The van der Waals surface area contributed by atoms with Crippen LogP contribution in [0.1, 0.15) is 0 Å². The van der Waals surface area contributed by atoms with Crippen molar-refractivity contribution in [3.8, 4) is 22.3 Å². The molecule has 0 saturated heterocycles. The molecule has 0 spiro atoms. The minimum Gasteiger partial charge on any atom is -0.310 e. The molecule has 0 N–H and O–H groups in total. The summed E-state index contributed by atoms with van der Waals surface area (Å²) in [4.78, 5) is 12.2. The van der Waals surface area contributed by atoms with E-state index in [0.717, 1.165) is 45.4 Å². The zero-order chi connectivity index (χ0) is 37.7. The number of fused-ring (bicyclic) bond motifs is 4. The minimum atomic E-state index is 0.872. The molecule has 0 amide bonds. The number of hydrogen-bond donors (Lipinski definition) is 0. The van der Waals surface area contributed by atoms with Crippen LogP contribution in [0.2, 0.25) is 0 Å². The molecule has 0 atom stereocenters. The second-order valence-corrected chi connectivity index (χ2v) is 15.5. The molecule has 3 nitrogen and oxygen atoms in total. The third-order valence-corrected chi connectivity index (χ3v) is 12.2. The van der Waals surface area contributed by atoms with Crippen LogP contribution in [0, 0.1) is 0 Å². The van der Waals surface area contributed by atoms with Crippen LogP contribution in [0.25, 0.3) is 54.6 Å². The van der Waals surface area contributed by atoms with Crippen molar-refractivity contribution in [1.29, 1.82) is 0 Å². The molecule has 1 aromatic heterocycles. The van der Waals surface area contributed by atoms with Crippen molar-refractivity contribution in [1.82, 2.24) is 4.98 Å². The van der Waals surface area contributed by atoms with Gasteiger partial charge in [0.05, 0.1) is 5.69 Å². The molecule has 0 fully saturated rings. The Morgan fingerprint density at radius 1 is 0.368 bits per heavy atom. The third kappa shape index (κ3) is 5.90. The summed E-state index contributed by atoms with van der Waals surface area (Å²) in [6, 6.07) is 74.1. The summed E-state index contributed by atoms with van der Waals surface area (Å²) in [5.41, 5.74) is 10.3. The summed E-state index contributed by atoms with van der Waals surface area (Å²) >= 11 is 1.85. The molecule has 1 aliphatic rings. The Hall–Kier alpha value is -7.14. The van der Waals surface area contributed by atoms with Gasteiger partial charge >= 0.3 is 0 Å². The van der Waals surface area contributed by atoms with Gasteiger partial charge in [0.1, 0.15) is 5.82 Å². The Bertz CT molecular complexity index is 3110. The van der Waals surface area contributed by atoms with Gasteiger partial charge in [-0.1, -0.05) is 139 Å². The molecule has 0 saturated carbocycles. The van der Waals surface area contributed by atoms with Crippen LogP contribution in [0.15, 0.2) is 222 Å². The maximum Gasteiger partial charge on any atom is 0.137 e. The van der Waals surface area contributed by atoms with Crippen LogP contribution in [0.5, 0.6) is 0 Å². The highest BCUT2D eigenvalue weighted by atomic mass is 32.2. The zero-order valence-electron chi connectivity index (χ0n) is 31.0. The number of para-hydroxylation sites is 2.